The van der Waals surface area contributed by atoms with Crippen molar-refractivity contribution >= 4 is 11.9 Å². The third-order valence-corrected chi connectivity index (χ3v) is 3.47. The van der Waals surface area contributed by atoms with E-state index in [4.69, 9.17) is 0 Å². The van der Waals surface area contributed by atoms with Gasteiger partial charge in [-0.1, -0.05) is 42.5 Å². The van der Waals surface area contributed by atoms with E-state index in [1.165, 1.54) is 0 Å². The van der Waals surface area contributed by atoms with Crippen molar-refractivity contribution in [2.75, 3.05) is 0 Å². The van der Waals surface area contributed by atoms with Gasteiger partial charge < -0.3 is 5.11 Å². The Morgan fingerprint density at radius 3 is 2.50 bits per heavy atom. The molecule has 0 spiro atoms. The number of hydrogen-bond acceptors (Lipinski definition) is 2. The molecule has 0 heterocycles. The number of rotatable bonds is 2. The quantitative estimate of drug-likeness (QED) is 0.904. The Kier molecular flexibility index (Phi) is 3.99. The summed E-state index contributed by atoms with van der Waals surface area (Å²) in [5.41, 5.74) is -2.05. The molecular weight excluding hydrogens is 269 g/mol. The summed E-state index contributed by atoms with van der Waals surface area (Å²) in [4.78, 5) is 11.5. The van der Waals surface area contributed by atoms with Crippen LogP contribution in [0.25, 0.3) is 6.08 Å². The van der Waals surface area contributed by atoms with Crippen LogP contribution < -0.4 is 0 Å². The first-order valence-electron chi connectivity index (χ1n) is 6.34. The highest BCUT2D eigenvalue weighted by molar-refractivity contribution is 5.81. The molecule has 2 nitrogen and oxygen atoms in total. The predicted molar refractivity (Wildman–Crippen MR) is 68.8 cm³/mol. The highest BCUT2D eigenvalue weighted by atomic mass is 19.4. The molecule has 1 aromatic rings. The van der Waals surface area contributed by atoms with Crippen LogP contribution in [0, 0.1) is 5.92 Å². The summed E-state index contributed by atoms with van der Waals surface area (Å²) in [5.74, 6) is -1.15. The molecule has 0 bridgehead atoms. The number of alkyl halides is 3. The van der Waals surface area contributed by atoms with Crippen LogP contribution in [0.15, 0.2) is 36.4 Å². The number of benzene rings is 1. The molecule has 0 saturated heterocycles. The minimum Gasteiger partial charge on any atom is -0.380 e. The Morgan fingerprint density at radius 2 is 1.90 bits per heavy atom. The lowest BCUT2D eigenvalue weighted by atomic mass is 9.76. The zero-order valence-corrected chi connectivity index (χ0v) is 10.7. The van der Waals surface area contributed by atoms with E-state index >= 15 is 0 Å². The number of ketones is 1. The maximum atomic E-state index is 12.8. The average Bonchev–Trinajstić information content (AvgIpc) is 2.35. The summed E-state index contributed by atoms with van der Waals surface area (Å²) in [5, 5.41) is 9.67. The number of aliphatic hydroxyl groups is 1. The Bertz CT molecular complexity index is 508. The van der Waals surface area contributed by atoms with Crippen molar-refractivity contribution in [3.63, 3.8) is 0 Å². The second-order valence-electron chi connectivity index (χ2n) is 5.18. The third-order valence-electron chi connectivity index (χ3n) is 3.47. The fourth-order valence-electron chi connectivity index (χ4n) is 2.43. The lowest BCUT2D eigenvalue weighted by Crippen LogP contribution is -2.50. The Hall–Kier alpha value is -1.62. The zero-order chi connectivity index (χ0) is 14.8. The van der Waals surface area contributed by atoms with Crippen LogP contribution in [-0.2, 0) is 4.79 Å². The molecule has 5 heteroatoms. The normalized spacial score (nSPS) is 28.0. The number of carbonyl (C=O) groups excluding carboxylic acids is 1. The van der Waals surface area contributed by atoms with Gasteiger partial charge in [-0.05, 0) is 17.9 Å². The summed E-state index contributed by atoms with van der Waals surface area (Å²) in [6, 6.07) is 9.10. The number of carbonyl (C=O) groups is 1. The summed E-state index contributed by atoms with van der Waals surface area (Å²) in [6.45, 7) is 0. The van der Waals surface area contributed by atoms with Gasteiger partial charge in [0.25, 0.3) is 0 Å². The highest BCUT2D eigenvalue weighted by Crippen LogP contribution is 2.42. The molecule has 0 radical (unpaired) electrons. The second-order valence-corrected chi connectivity index (χ2v) is 5.18. The van der Waals surface area contributed by atoms with E-state index < -0.39 is 36.3 Å². The predicted octanol–water partition coefficient (Wildman–Crippen LogP) is 3.36. The van der Waals surface area contributed by atoms with Gasteiger partial charge in [-0.3, -0.25) is 4.79 Å². The number of halogens is 3. The minimum atomic E-state index is -4.78. The van der Waals surface area contributed by atoms with Crippen LogP contribution in [0.5, 0.6) is 0 Å². The van der Waals surface area contributed by atoms with E-state index in [0.29, 0.717) is 0 Å². The van der Waals surface area contributed by atoms with Gasteiger partial charge in [0.1, 0.15) is 5.78 Å². The average molecular weight is 284 g/mol. The van der Waals surface area contributed by atoms with Gasteiger partial charge in [0.2, 0.25) is 0 Å². The van der Waals surface area contributed by atoms with E-state index in [1.54, 1.807) is 12.2 Å². The molecular formula is C15H15F3O2. The highest BCUT2D eigenvalue weighted by Gasteiger charge is 2.57. The first kappa shape index (κ1) is 14.8. The lowest BCUT2D eigenvalue weighted by Gasteiger charge is -2.36. The van der Waals surface area contributed by atoms with Crippen LogP contribution >= 0.6 is 0 Å². The minimum absolute atomic E-state index is 0.0434. The Labute approximate surface area is 114 Å². The monoisotopic (exact) mass is 284 g/mol. The van der Waals surface area contributed by atoms with E-state index in [1.807, 2.05) is 30.3 Å². The lowest BCUT2D eigenvalue weighted by molar-refractivity contribution is -0.268. The molecule has 2 rings (SSSR count). The number of allylic oxidation sites excluding steroid dienone is 1. The van der Waals surface area contributed by atoms with Gasteiger partial charge in [-0.2, -0.15) is 13.2 Å². The van der Waals surface area contributed by atoms with Crippen molar-refractivity contribution in [3.8, 4) is 0 Å². The van der Waals surface area contributed by atoms with Gasteiger partial charge >= 0.3 is 6.18 Å². The van der Waals surface area contributed by atoms with Crippen LogP contribution in [0.3, 0.4) is 0 Å². The number of hydrogen-bond donors (Lipinski definition) is 1. The third kappa shape index (κ3) is 3.28. The van der Waals surface area contributed by atoms with E-state index in [9.17, 15) is 23.1 Å². The largest absolute Gasteiger partial charge is 0.417 e. The fraction of sp³-hybridized carbons (Fsp3) is 0.400. The zero-order valence-electron chi connectivity index (χ0n) is 10.7. The van der Waals surface area contributed by atoms with E-state index in [0.717, 1.165) is 5.56 Å². The van der Waals surface area contributed by atoms with Crippen LogP contribution in [0.4, 0.5) is 13.2 Å². The van der Waals surface area contributed by atoms with E-state index in [-0.39, 0.29) is 6.42 Å². The van der Waals surface area contributed by atoms with Crippen LogP contribution in [0.2, 0.25) is 0 Å². The maximum Gasteiger partial charge on any atom is 0.417 e. The molecule has 0 aromatic heterocycles. The molecule has 0 aliphatic heterocycles. The summed E-state index contributed by atoms with van der Waals surface area (Å²) in [6.07, 6.45) is -2.79. The van der Waals surface area contributed by atoms with Crippen molar-refractivity contribution in [3.05, 3.63) is 42.0 Å². The van der Waals surface area contributed by atoms with Gasteiger partial charge in [0.15, 0.2) is 5.60 Å². The second kappa shape index (κ2) is 5.40. The van der Waals surface area contributed by atoms with Gasteiger partial charge in [0, 0.05) is 12.8 Å². The molecule has 108 valence electrons. The molecule has 0 unspecified atom stereocenters. The molecule has 20 heavy (non-hydrogen) atoms. The van der Waals surface area contributed by atoms with Crippen molar-refractivity contribution in [2.45, 2.75) is 31.0 Å². The van der Waals surface area contributed by atoms with Crippen LogP contribution in [0.1, 0.15) is 24.8 Å². The molecule has 2 atom stereocenters. The standard InChI is InChI=1S/C15H15F3O2/c16-15(17,18)14(20)9-12(8-13(19)10-14)7-6-11-4-2-1-3-5-11/h1-7,12,20H,8-10H2/b7-6+/t12-,14+/m0/s1. The van der Waals surface area contributed by atoms with Crippen molar-refractivity contribution in [2.24, 2.45) is 5.92 Å². The van der Waals surface area contributed by atoms with Gasteiger partial charge in [-0.25, -0.2) is 0 Å². The molecule has 1 fully saturated rings. The first-order chi connectivity index (χ1) is 9.30. The van der Waals surface area contributed by atoms with Crippen LogP contribution in [-0.4, -0.2) is 22.7 Å². The molecule has 1 N–H and O–H groups in total. The van der Waals surface area contributed by atoms with Crippen molar-refractivity contribution in [1.29, 1.82) is 0 Å². The maximum absolute atomic E-state index is 12.8. The Balaban J connectivity index is 2.13. The molecule has 1 aliphatic rings. The Morgan fingerprint density at radius 1 is 1.25 bits per heavy atom. The molecule has 1 saturated carbocycles. The summed E-state index contributed by atoms with van der Waals surface area (Å²) < 4.78 is 38.4. The SMILES string of the molecule is O=C1C[C@H](/C=C/c2ccccc2)C[C@](O)(C(F)(F)F)C1. The fourth-order valence-corrected chi connectivity index (χ4v) is 2.43. The number of Topliss-reactive ketones (excluding diaryl/α,β-unsaturated/α-hetero) is 1. The molecule has 1 aromatic carbocycles. The van der Waals surface area contributed by atoms with Crippen molar-refractivity contribution in [1.82, 2.24) is 0 Å². The summed E-state index contributed by atoms with van der Waals surface area (Å²) in [7, 11) is 0. The van der Waals surface area contributed by atoms with Gasteiger partial charge in [-0.15, -0.1) is 0 Å². The molecule has 1 aliphatic carbocycles. The van der Waals surface area contributed by atoms with Gasteiger partial charge in [0.05, 0.1) is 0 Å². The van der Waals surface area contributed by atoms with E-state index in [2.05, 4.69) is 0 Å². The smallest absolute Gasteiger partial charge is 0.380 e. The topological polar surface area (TPSA) is 37.3 Å². The molecule has 0 amide bonds. The first-order valence-corrected chi connectivity index (χ1v) is 6.34. The van der Waals surface area contributed by atoms with Crippen molar-refractivity contribution < 1.29 is 23.1 Å². The summed E-state index contributed by atoms with van der Waals surface area (Å²) >= 11 is 0.